The quantitative estimate of drug-likeness (QED) is 0.898. The summed E-state index contributed by atoms with van der Waals surface area (Å²) in [5, 5.41) is 4.46. The summed E-state index contributed by atoms with van der Waals surface area (Å²) in [6.45, 7) is 6.81. The van der Waals surface area contributed by atoms with Crippen molar-refractivity contribution in [2.24, 2.45) is 12.8 Å². The van der Waals surface area contributed by atoms with E-state index in [4.69, 9.17) is 5.73 Å². The molecule has 2 N–H and O–H groups in total. The molecule has 1 fully saturated rings. The molecule has 2 unspecified atom stereocenters. The molecule has 1 saturated heterocycles. The van der Waals surface area contributed by atoms with Crippen LogP contribution < -0.4 is 5.73 Å². The molecule has 2 heterocycles. The van der Waals surface area contributed by atoms with E-state index in [1.807, 2.05) is 30.5 Å². The van der Waals surface area contributed by atoms with Crippen LogP contribution in [-0.2, 0) is 11.8 Å². The van der Waals surface area contributed by atoms with Gasteiger partial charge < -0.3 is 10.6 Å². The van der Waals surface area contributed by atoms with E-state index < -0.39 is 0 Å². The Morgan fingerprint density at radius 2 is 2.21 bits per heavy atom. The van der Waals surface area contributed by atoms with Crippen molar-refractivity contribution in [2.45, 2.75) is 52.1 Å². The number of nitrogens with two attached hydrogens (primary N) is 1. The average molecular weight is 264 g/mol. The molecular formula is C14H24N4O. The molecule has 106 valence electrons. The molecule has 5 nitrogen and oxygen atoms in total. The van der Waals surface area contributed by atoms with Gasteiger partial charge in [-0.05, 0) is 33.6 Å². The van der Waals surface area contributed by atoms with Gasteiger partial charge >= 0.3 is 0 Å². The second kappa shape index (κ2) is 5.33. The molecule has 1 aliphatic heterocycles. The van der Waals surface area contributed by atoms with Crippen LogP contribution in [0.15, 0.2) is 0 Å². The average Bonchev–Trinajstić information content (AvgIpc) is 2.84. The summed E-state index contributed by atoms with van der Waals surface area (Å²) in [4.78, 5) is 14.3. The number of hydrogen-bond acceptors (Lipinski definition) is 3. The first-order valence-electron chi connectivity index (χ1n) is 6.97. The Bertz CT molecular complexity index is 478. The maximum absolute atomic E-state index is 12.3. The molecular weight excluding hydrogens is 240 g/mol. The van der Waals surface area contributed by atoms with Crippen LogP contribution in [0.3, 0.4) is 0 Å². The van der Waals surface area contributed by atoms with Crippen LogP contribution in [-0.4, -0.2) is 33.2 Å². The number of carbonyl (C=O) groups excluding carboxylic acids is 1. The van der Waals surface area contributed by atoms with Crippen molar-refractivity contribution >= 4 is 5.91 Å². The van der Waals surface area contributed by atoms with Gasteiger partial charge in [-0.3, -0.25) is 9.48 Å². The summed E-state index contributed by atoms with van der Waals surface area (Å²) < 4.78 is 1.90. The van der Waals surface area contributed by atoms with E-state index in [0.29, 0.717) is 6.42 Å². The van der Waals surface area contributed by atoms with Crippen LogP contribution in [0, 0.1) is 13.8 Å². The highest BCUT2D eigenvalue weighted by Crippen LogP contribution is 2.35. The van der Waals surface area contributed by atoms with Crippen LogP contribution in [0.4, 0.5) is 0 Å². The minimum Gasteiger partial charge on any atom is -0.335 e. The van der Waals surface area contributed by atoms with E-state index in [0.717, 1.165) is 30.8 Å². The molecule has 0 radical (unpaired) electrons. The Balaban J connectivity index is 2.26. The highest BCUT2D eigenvalue weighted by molar-refractivity contribution is 5.77. The van der Waals surface area contributed by atoms with Gasteiger partial charge in [0.25, 0.3) is 0 Å². The minimum atomic E-state index is -0.0788. The van der Waals surface area contributed by atoms with Crippen molar-refractivity contribution in [1.82, 2.24) is 14.7 Å². The van der Waals surface area contributed by atoms with Crippen molar-refractivity contribution in [3.63, 3.8) is 0 Å². The highest BCUT2D eigenvalue weighted by Gasteiger charge is 2.33. The molecule has 1 aliphatic rings. The van der Waals surface area contributed by atoms with E-state index in [-0.39, 0.29) is 18.0 Å². The minimum absolute atomic E-state index is 0.0788. The van der Waals surface area contributed by atoms with Crippen molar-refractivity contribution in [2.75, 3.05) is 6.54 Å². The lowest BCUT2D eigenvalue weighted by Crippen LogP contribution is -2.34. The molecule has 0 aromatic carbocycles. The molecule has 2 atom stereocenters. The van der Waals surface area contributed by atoms with Gasteiger partial charge in [0.1, 0.15) is 0 Å². The van der Waals surface area contributed by atoms with Crippen molar-refractivity contribution < 1.29 is 4.79 Å². The molecule has 0 aliphatic carbocycles. The van der Waals surface area contributed by atoms with Crippen molar-refractivity contribution in [1.29, 1.82) is 0 Å². The predicted molar refractivity (Wildman–Crippen MR) is 74.6 cm³/mol. The van der Waals surface area contributed by atoms with Gasteiger partial charge in [0.05, 0.1) is 11.7 Å². The number of nitrogens with zero attached hydrogens (tertiary/aromatic N) is 3. The zero-order chi connectivity index (χ0) is 14.2. The largest absolute Gasteiger partial charge is 0.335 e. The third-order valence-corrected chi connectivity index (χ3v) is 3.97. The molecule has 5 heteroatoms. The first kappa shape index (κ1) is 14.1. The molecule has 0 saturated carbocycles. The van der Waals surface area contributed by atoms with Gasteiger partial charge in [-0.15, -0.1) is 0 Å². The second-order valence-corrected chi connectivity index (χ2v) is 5.63. The van der Waals surface area contributed by atoms with E-state index in [1.165, 1.54) is 5.56 Å². The predicted octanol–water partition coefficient (Wildman–Crippen LogP) is 1.44. The Hall–Kier alpha value is -1.36. The van der Waals surface area contributed by atoms with E-state index >= 15 is 0 Å². The SMILES string of the molecule is Cc1nn(C)c(C)c1C1CCCN1C(=O)CC(C)N. The maximum atomic E-state index is 12.3. The first-order chi connectivity index (χ1) is 8.91. The van der Waals surface area contributed by atoms with Crippen LogP contribution in [0.5, 0.6) is 0 Å². The number of likely N-dealkylation sites (tertiary alicyclic amines) is 1. The van der Waals surface area contributed by atoms with Crippen LogP contribution in [0.2, 0.25) is 0 Å². The van der Waals surface area contributed by atoms with Gasteiger partial charge in [-0.25, -0.2) is 0 Å². The van der Waals surface area contributed by atoms with Gasteiger partial charge in [-0.2, -0.15) is 5.10 Å². The van der Waals surface area contributed by atoms with E-state index in [9.17, 15) is 4.79 Å². The summed E-state index contributed by atoms with van der Waals surface area (Å²) in [5.41, 5.74) is 9.15. The number of amides is 1. The van der Waals surface area contributed by atoms with E-state index in [2.05, 4.69) is 12.0 Å². The van der Waals surface area contributed by atoms with Crippen molar-refractivity contribution in [3.05, 3.63) is 17.0 Å². The van der Waals surface area contributed by atoms with Crippen LogP contribution in [0.1, 0.15) is 49.2 Å². The monoisotopic (exact) mass is 264 g/mol. The summed E-state index contributed by atoms with van der Waals surface area (Å²) in [7, 11) is 1.95. The smallest absolute Gasteiger partial charge is 0.224 e. The summed E-state index contributed by atoms with van der Waals surface area (Å²) >= 11 is 0. The standard InChI is InChI=1S/C14H24N4O/c1-9(15)8-13(19)18-7-5-6-12(18)14-10(2)16-17(4)11(14)3/h9,12H,5-8,15H2,1-4H3. The normalized spacial score (nSPS) is 20.9. The summed E-state index contributed by atoms with van der Waals surface area (Å²) in [6, 6.07) is 0.102. The molecule has 0 spiro atoms. The highest BCUT2D eigenvalue weighted by atomic mass is 16.2. The Morgan fingerprint density at radius 1 is 1.53 bits per heavy atom. The third kappa shape index (κ3) is 2.66. The lowest BCUT2D eigenvalue weighted by Gasteiger charge is -2.26. The first-order valence-corrected chi connectivity index (χ1v) is 6.97. The summed E-state index contributed by atoms with van der Waals surface area (Å²) in [6.07, 6.45) is 2.51. The van der Waals surface area contributed by atoms with E-state index in [1.54, 1.807) is 0 Å². The van der Waals surface area contributed by atoms with Gasteiger partial charge in [0.2, 0.25) is 5.91 Å². The topological polar surface area (TPSA) is 64.2 Å². The Labute approximate surface area is 114 Å². The summed E-state index contributed by atoms with van der Waals surface area (Å²) in [5.74, 6) is 0.167. The Morgan fingerprint density at radius 3 is 2.74 bits per heavy atom. The molecule has 0 bridgehead atoms. The Kier molecular flexibility index (Phi) is 3.94. The van der Waals surface area contributed by atoms with Crippen LogP contribution in [0.25, 0.3) is 0 Å². The maximum Gasteiger partial charge on any atom is 0.224 e. The fraction of sp³-hybridized carbons (Fsp3) is 0.714. The molecule has 2 rings (SSSR count). The lowest BCUT2D eigenvalue weighted by atomic mass is 10.0. The molecule has 19 heavy (non-hydrogen) atoms. The van der Waals surface area contributed by atoms with Gasteiger partial charge in [-0.1, -0.05) is 0 Å². The number of rotatable bonds is 3. The van der Waals surface area contributed by atoms with Gasteiger partial charge in [0, 0.05) is 37.3 Å². The number of carbonyl (C=O) groups is 1. The second-order valence-electron chi connectivity index (χ2n) is 5.63. The molecule has 1 aromatic heterocycles. The lowest BCUT2D eigenvalue weighted by molar-refractivity contribution is -0.132. The zero-order valence-corrected chi connectivity index (χ0v) is 12.3. The fourth-order valence-electron chi connectivity index (χ4n) is 3.03. The zero-order valence-electron chi connectivity index (χ0n) is 12.3. The third-order valence-electron chi connectivity index (χ3n) is 3.97. The van der Waals surface area contributed by atoms with Gasteiger partial charge in [0.15, 0.2) is 0 Å². The number of hydrogen-bond donors (Lipinski definition) is 1. The fourth-order valence-corrected chi connectivity index (χ4v) is 3.03. The molecule has 1 aromatic rings. The number of aryl methyl sites for hydroxylation is 2. The van der Waals surface area contributed by atoms with Crippen LogP contribution >= 0.6 is 0 Å². The molecule has 1 amide bonds. The van der Waals surface area contributed by atoms with Crippen molar-refractivity contribution in [3.8, 4) is 0 Å². The number of aromatic nitrogens is 2.